The van der Waals surface area contributed by atoms with Crippen molar-refractivity contribution in [1.82, 2.24) is 15.3 Å². The van der Waals surface area contributed by atoms with Crippen LogP contribution in [-0.2, 0) is 0 Å². The second-order valence-corrected chi connectivity index (χ2v) is 7.23. The molecule has 1 aromatic heterocycles. The molecule has 2 heterocycles. The highest BCUT2D eigenvalue weighted by Gasteiger charge is 2.19. The molecule has 0 amide bonds. The monoisotopic (exact) mass is 390 g/mol. The molecular weight excluding hydrogens is 368 g/mol. The maximum Gasteiger partial charge on any atom is 0.232 e. The Morgan fingerprint density at radius 1 is 1.08 bits per heavy atom. The van der Waals surface area contributed by atoms with Crippen molar-refractivity contribution >= 4 is 46.4 Å². The van der Waals surface area contributed by atoms with Gasteiger partial charge in [0.25, 0.3) is 0 Å². The standard InChI is InChI=1S/C18H23ClN6S/c1-13(2)20-18(26)23-17-21-15(19)12-16(22-17)25-10-8-24(9-11-25)14-6-4-3-5-7-14/h3-7,12-13H,8-11H2,1-2H3,(H2,20,21,22,23,26). The third kappa shape index (κ3) is 4.95. The summed E-state index contributed by atoms with van der Waals surface area (Å²) in [5.74, 6) is 1.23. The fourth-order valence-electron chi connectivity index (χ4n) is 2.86. The first kappa shape index (κ1) is 18.7. The summed E-state index contributed by atoms with van der Waals surface area (Å²) in [6.45, 7) is 7.64. The van der Waals surface area contributed by atoms with Gasteiger partial charge in [0, 0.05) is 44.0 Å². The molecule has 6 nitrogen and oxygen atoms in total. The van der Waals surface area contributed by atoms with Crippen molar-refractivity contribution in [2.24, 2.45) is 0 Å². The Morgan fingerprint density at radius 2 is 1.73 bits per heavy atom. The van der Waals surface area contributed by atoms with E-state index in [1.165, 1.54) is 5.69 Å². The molecule has 1 saturated heterocycles. The Morgan fingerprint density at radius 3 is 2.38 bits per heavy atom. The van der Waals surface area contributed by atoms with Gasteiger partial charge in [-0.3, -0.25) is 0 Å². The van der Waals surface area contributed by atoms with Gasteiger partial charge < -0.3 is 20.4 Å². The van der Waals surface area contributed by atoms with Gasteiger partial charge in [0.05, 0.1) is 0 Å². The first-order valence-electron chi connectivity index (χ1n) is 8.68. The van der Waals surface area contributed by atoms with Gasteiger partial charge >= 0.3 is 0 Å². The molecule has 1 aliphatic rings. The van der Waals surface area contributed by atoms with Crippen LogP contribution >= 0.6 is 23.8 Å². The summed E-state index contributed by atoms with van der Waals surface area (Å²) in [6.07, 6.45) is 0. The van der Waals surface area contributed by atoms with Crippen LogP contribution in [0.5, 0.6) is 0 Å². The summed E-state index contributed by atoms with van der Waals surface area (Å²) in [5, 5.41) is 7.00. The Hall–Kier alpha value is -2.12. The normalized spacial score (nSPS) is 14.5. The summed E-state index contributed by atoms with van der Waals surface area (Å²) in [6, 6.07) is 12.5. The lowest BCUT2D eigenvalue weighted by atomic mass is 10.2. The van der Waals surface area contributed by atoms with E-state index >= 15 is 0 Å². The van der Waals surface area contributed by atoms with E-state index in [2.05, 4.69) is 54.7 Å². The number of nitrogens with zero attached hydrogens (tertiary/aromatic N) is 4. The largest absolute Gasteiger partial charge is 0.368 e. The second kappa shape index (κ2) is 8.51. The molecule has 0 radical (unpaired) electrons. The van der Waals surface area contributed by atoms with Gasteiger partial charge in [0.2, 0.25) is 5.95 Å². The first-order chi connectivity index (χ1) is 12.5. The first-order valence-corrected chi connectivity index (χ1v) is 9.47. The minimum atomic E-state index is 0.236. The molecule has 8 heteroatoms. The van der Waals surface area contributed by atoms with Crippen LogP contribution in [0.1, 0.15) is 13.8 Å². The maximum absolute atomic E-state index is 6.19. The number of benzene rings is 1. The molecule has 0 spiro atoms. The smallest absolute Gasteiger partial charge is 0.232 e. The van der Waals surface area contributed by atoms with Gasteiger partial charge in [-0.2, -0.15) is 4.98 Å². The fourth-order valence-corrected chi connectivity index (χ4v) is 3.36. The van der Waals surface area contributed by atoms with Crippen LogP contribution in [0.25, 0.3) is 0 Å². The van der Waals surface area contributed by atoms with E-state index < -0.39 is 0 Å². The van der Waals surface area contributed by atoms with Gasteiger partial charge in [0.15, 0.2) is 5.11 Å². The highest BCUT2D eigenvalue weighted by molar-refractivity contribution is 7.80. The summed E-state index contributed by atoms with van der Waals surface area (Å²) < 4.78 is 0. The molecule has 0 aliphatic carbocycles. The highest BCUT2D eigenvalue weighted by Crippen LogP contribution is 2.22. The van der Waals surface area contributed by atoms with Gasteiger partial charge in [-0.1, -0.05) is 29.8 Å². The third-order valence-corrected chi connectivity index (χ3v) is 4.47. The summed E-state index contributed by atoms with van der Waals surface area (Å²) >= 11 is 11.5. The summed E-state index contributed by atoms with van der Waals surface area (Å²) in [4.78, 5) is 13.4. The molecule has 0 bridgehead atoms. The number of rotatable bonds is 4. The van der Waals surface area contributed by atoms with Gasteiger partial charge in [-0.05, 0) is 38.2 Å². The number of para-hydroxylation sites is 1. The number of aromatic nitrogens is 2. The highest BCUT2D eigenvalue weighted by atomic mass is 35.5. The number of hydrogen-bond donors (Lipinski definition) is 2. The molecule has 138 valence electrons. The lowest BCUT2D eigenvalue weighted by Gasteiger charge is -2.36. The molecule has 3 rings (SSSR count). The van der Waals surface area contributed by atoms with E-state index in [4.69, 9.17) is 23.8 Å². The van der Waals surface area contributed by atoms with Crippen molar-refractivity contribution in [1.29, 1.82) is 0 Å². The van der Waals surface area contributed by atoms with E-state index in [-0.39, 0.29) is 6.04 Å². The van der Waals surface area contributed by atoms with E-state index in [0.717, 1.165) is 32.0 Å². The molecule has 1 aliphatic heterocycles. The minimum Gasteiger partial charge on any atom is -0.368 e. The van der Waals surface area contributed by atoms with Crippen LogP contribution < -0.4 is 20.4 Å². The van der Waals surface area contributed by atoms with E-state index in [0.29, 0.717) is 16.2 Å². The summed E-state index contributed by atoms with van der Waals surface area (Å²) in [5.41, 5.74) is 1.25. The van der Waals surface area contributed by atoms with Crippen LogP contribution in [0.4, 0.5) is 17.5 Å². The number of thiocarbonyl (C=S) groups is 1. The van der Waals surface area contributed by atoms with Crippen molar-refractivity contribution in [3.63, 3.8) is 0 Å². The number of halogens is 1. The molecule has 1 aromatic carbocycles. The molecule has 0 atom stereocenters. The van der Waals surface area contributed by atoms with E-state index in [1.54, 1.807) is 6.07 Å². The fraction of sp³-hybridized carbons (Fsp3) is 0.389. The van der Waals surface area contributed by atoms with Crippen LogP contribution in [0, 0.1) is 0 Å². The van der Waals surface area contributed by atoms with Crippen LogP contribution in [0.2, 0.25) is 5.15 Å². The zero-order valence-corrected chi connectivity index (χ0v) is 16.5. The molecule has 0 unspecified atom stereocenters. The molecule has 1 fully saturated rings. The van der Waals surface area contributed by atoms with E-state index in [1.807, 2.05) is 19.9 Å². The van der Waals surface area contributed by atoms with Gasteiger partial charge in [-0.25, -0.2) is 4.98 Å². The quantitative estimate of drug-likeness (QED) is 0.614. The zero-order chi connectivity index (χ0) is 18.5. The number of piperazine rings is 1. The Balaban J connectivity index is 1.65. The van der Waals surface area contributed by atoms with Gasteiger partial charge in [-0.15, -0.1) is 0 Å². The Kier molecular flexibility index (Phi) is 6.11. The maximum atomic E-state index is 6.19. The van der Waals surface area contributed by atoms with Crippen molar-refractivity contribution in [2.75, 3.05) is 41.3 Å². The SMILES string of the molecule is CC(C)NC(=S)Nc1nc(Cl)cc(N2CCN(c3ccccc3)CC2)n1. The van der Waals surface area contributed by atoms with Crippen molar-refractivity contribution in [3.8, 4) is 0 Å². The van der Waals surface area contributed by atoms with Crippen LogP contribution in [-0.4, -0.2) is 47.3 Å². The lowest BCUT2D eigenvalue weighted by Crippen LogP contribution is -2.47. The minimum absolute atomic E-state index is 0.236. The molecule has 2 N–H and O–H groups in total. The Bertz CT molecular complexity index is 747. The van der Waals surface area contributed by atoms with Crippen LogP contribution in [0.15, 0.2) is 36.4 Å². The topological polar surface area (TPSA) is 56.3 Å². The molecule has 2 aromatic rings. The van der Waals surface area contributed by atoms with Crippen molar-refractivity contribution < 1.29 is 0 Å². The average Bonchev–Trinajstić information content (AvgIpc) is 2.61. The second-order valence-electron chi connectivity index (χ2n) is 6.44. The number of hydrogen-bond acceptors (Lipinski definition) is 5. The number of anilines is 3. The van der Waals surface area contributed by atoms with E-state index in [9.17, 15) is 0 Å². The van der Waals surface area contributed by atoms with Crippen LogP contribution in [0.3, 0.4) is 0 Å². The number of nitrogens with one attached hydrogen (secondary N) is 2. The van der Waals surface area contributed by atoms with Gasteiger partial charge in [0.1, 0.15) is 11.0 Å². The third-order valence-electron chi connectivity index (χ3n) is 4.05. The molecule has 26 heavy (non-hydrogen) atoms. The van der Waals surface area contributed by atoms with Crippen molar-refractivity contribution in [2.45, 2.75) is 19.9 Å². The Labute approximate surface area is 164 Å². The average molecular weight is 391 g/mol. The predicted molar refractivity (Wildman–Crippen MR) is 112 cm³/mol. The lowest BCUT2D eigenvalue weighted by molar-refractivity contribution is 0.647. The van der Waals surface area contributed by atoms with Crippen molar-refractivity contribution in [3.05, 3.63) is 41.6 Å². The summed E-state index contributed by atoms with van der Waals surface area (Å²) in [7, 11) is 0. The molecule has 0 saturated carbocycles. The zero-order valence-electron chi connectivity index (χ0n) is 14.9. The molecular formula is C18H23ClN6S. The predicted octanol–water partition coefficient (Wildman–Crippen LogP) is 3.15.